The highest BCUT2D eigenvalue weighted by atomic mass is 35.5. The number of hydrogen-bond acceptors (Lipinski definition) is 2. The number of rotatable bonds is 0. The SMILES string of the molecule is C.Cc1ccc(C#Cc2ccnc(Cl)n2)cc1. The van der Waals surface area contributed by atoms with Crippen molar-refractivity contribution in [3.05, 3.63) is 58.6 Å². The largest absolute Gasteiger partial charge is 0.226 e. The van der Waals surface area contributed by atoms with Gasteiger partial charge in [-0.1, -0.05) is 31.0 Å². The molecule has 0 radical (unpaired) electrons. The first kappa shape index (κ1) is 13.2. The van der Waals surface area contributed by atoms with Gasteiger partial charge >= 0.3 is 0 Å². The van der Waals surface area contributed by atoms with E-state index in [1.54, 1.807) is 12.3 Å². The third-order valence-corrected chi connectivity index (χ3v) is 2.19. The fraction of sp³-hybridized carbons (Fsp3) is 0.143. The van der Waals surface area contributed by atoms with Crippen LogP contribution in [0.2, 0.25) is 5.28 Å². The molecule has 0 unspecified atom stereocenters. The Morgan fingerprint density at radius 2 is 1.76 bits per heavy atom. The molecule has 0 amide bonds. The fourth-order valence-corrected chi connectivity index (χ4v) is 1.33. The van der Waals surface area contributed by atoms with E-state index in [0.29, 0.717) is 5.69 Å². The Kier molecular flexibility index (Phi) is 4.68. The van der Waals surface area contributed by atoms with Crippen LogP contribution in [0.1, 0.15) is 24.2 Å². The van der Waals surface area contributed by atoms with E-state index in [1.807, 2.05) is 31.2 Å². The van der Waals surface area contributed by atoms with E-state index in [1.165, 1.54) is 5.56 Å². The van der Waals surface area contributed by atoms with Crippen LogP contribution in [0, 0.1) is 18.8 Å². The van der Waals surface area contributed by atoms with Crippen LogP contribution in [-0.2, 0) is 0 Å². The van der Waals surface area contributed by atoms with Crippen LogP contribution in [0.15, 0.2) is 36.5 Å². The summed E-state index contributed by atoms with van der Waals surface area (Å²) < 4.78 is 0. The van der Waals surface area contributed by atoms with Gasteiger partial charge in [0.25, 0.3) is 0 Å². The van der Waals surface area contributed by atoms with E-state index in [2.05, 4.69) is 21.8 Å². The van der Waals surface area contributed by atoms with Gasteiger partial charge in [0.2, 0.25) is 5.28 Å². The number of nitrogens with zero attached hydrogens (tertiary/aromatic N) is 2. The van der Waals surface area contributed by atoms with Crippen LogP contribution in [0.25, 0.3) is 0 Å². The molecule has 0 bridgehead atoms. The molecule has 0 N–H and O–H groups in total. The highest BCUT2D eigenvalue weighted by Gasteiger charge is 1.91. The van der Waals surface area contributed by atoms with Crippen LogP contribution >= 0.6 is 11.6 Å². The Balaban J connectivity index is 0.00000144. The molecule has 1 heterocycles. The van der Waals surface area contributed by atoms with Crippen LogP contribution in [-0.4, -0.2) is 9.97 Å². The molecule has 2 rings (SSSR count). The van der Waals surface area contributed by atoms with E-state index in [-0.39, 0.29) is 12.7 Å². The molecule has 3 heteroatoms. The summed E-state index contributed by atoms with van der Waals surface area (Å²) in [7, 11) is 0. The van der Waals surface area contributed by atoms with Crippen molar-refractivity contribution >= 4 is 11.6 Å². The van der Waals surface area contributed by atoms with Gasteiger partial charge in [-0.15, -0.1) is 0 Å². The maximum Gasteiger partial charge on any atom is 0.223 e. The van der Waals surface area contributed by atoms with Gasteiger partial charge in [-0.05, 0) is 42.6 Å². The molecule has 0 atom stereocenters. The van der Waals surface area contributed by atoms with E-state index >= 15 is 0 Å². The zero-order valence-corrected chi connectivity index (χ0v) is 9.49. The zero-order chi connectivity index (χ0) is 11.4. The highest BCUT2D eigenvalue weighted by molar-refractivity contribution is 6.28. The smallest absolute Gasteiger partial charge is 0.223 e. The average molecular weight is 245 g/mol. The first-order valence-electron chi connectivity index (χ1n) is 4.81. The minimum Gasteiger partial charge on any atom is -0.226 e. The Labute approximate surface area is 107 Å². The Bertz CT molecular complexity index is 550. The predicted molar refractivity (Wildman–Crippen MR) is 70.9 cm³/mol. The topological polar surface area (TPSA) is 25.8 Å². The molecule has 1 aromatic carbocycles. The third-order valence-electron chi connectivity index (χ3n) is 2.01. The summed E-state index contributed by atoms with van der Waals surface area (Å²) in [5, 5.41) is 0.218. The lowest BCUT2D eigenvalue weighted by molar-refractivity contribution is 1.15. The quantitative estimate of drug-likeness (QED) is 0.524. The average Bonchev–Trinajstić information content (AvgIpc) is 2.28. The summed E-state index contributed by atoms with van der Waals surface area (Å²) in [6, 6.07) is 9.73. The first-order valence-corrected chi connectivity index (χ1v) is 5.19. The molecule has 0 fully saturated rings. The van der Waals surface area contributed by atoms with Crippen LogP contribution in [0.5, 0.6) is 0 Å². The number of halogens is 1. The van der Waals surface area contributed by atoms with Crippen LogP contribution in [0.4, 0.5) is 0 Å². The predicted octanol–water partition coefficient (Wildman–Crippen LogP) is 3.47. The van der Waals surface area contributed by atoms with E-state index < -0.39 is 0 Å². The molecule has 0 saturated heterocycles. The Hall–Kier alpha value is -1.85. The van der Waals surface area contributed by atoms with Crippen molar-refractivity contribution in [2.75, 3.05) is 0 Å². The minimum absolute atomic E-state index is 0. The van der Waals surface area contributed by atoms with Crippen LogP contribution < -0.4 is 0 Å². The second kappa shape index (κ2) is 6.03. The lowest BCUT2D eigenvalue weighted by atomic mass is 10.1. The minimum atomic E-state index is 0. The second-order valence-electron chi connectivity index (χ2n) is 3.33. The molecule has 0 aliphatic carbocycles. The van der Waals surface area contributed by atoms with Gasteiger partial charge in [0, 0.05) is 11.8 Å². The standard InChI is InChI=1S/C13H9ClN2.CH4/c1-10-2-4-11(5-3-10)6-7-12-8-9-15-13(14)16-12;/h2-5,8-9H,1H3;1H4. The molecule has 1 aromatic heterocycles. The van der Waals surface area contributed by atoms with Crippen molar-refractivity contribution in [1.29, 1.82) is 0 Å². The summed E-state index contributed by atoms with van der Waals surface area (Å²) in [6.45, 7) is 2.04. The molecule has 0 aliphatic heterocycles. The van der Waals surface area contributed by atoms with Gasteiger partial charge in [-0.25, -0.2) is 9.97 Å². The molecule has 0 saturated carbocycles. The number of aromatic nitrogens is 2. The molecule has 0 aliphatic rings. The lowest BCUT2D eigenvalue weighted by Gasteiger charge is -1.92. The van der Waals surface area contributed by atoms with Gasteiger partial charge in [-0.3, -0.25) is 0 Å². The van der Waals surface area contributed by atoms with Gasteiger partial charge in [0.15, 0.2) is 0 Å². The van der Waals surface area contributed by atoms with Gasteiger partial charge < -0.3 is 0 Å². The Morgan fingerprint density at radius 3 is 2.41 bits per heavy atom. The first-order chi connectivity index (χ1) is 7.74. The Morgan fingerprint density at radius 1 is 1.06 bits per heavy atom. The molecule has 86 valence electrons. The number of benzene rings is 1. The van der Waals surface area contributed by atoms with Crippen molar-refractivity contribution in [3.8, 4) is 11.8 Å². The summed E-state index contributed by atoms with van der Waals surface area (Å²) in [5.41, 5.74) is 2.80. The fourth-order valence-electron chi connectivity index (χ4n) is 1.18. The summed E-state index contributed by atoms with van der Waals surface area (Å²) in [6.07, 6.45) is 1.59. The lowest BCUT2D eigenvalue weighted by Crippen LogP contribution is -1.85. The summed E-state index contributed by atoms with van der Waals surface area (Å²) >= 11 is 5.66. The van der Waals surface area contributed by atoms with Crippen molar-refractivity contribution < 1.29 is 0 Å². The molecule has 0 spiro atoms. The molecular formula is C14H13ClN2. The zero-order valence-electron chi connectivity index (χ0n) is 8.74. The van der Waals surface area contributed by atoms with Crippen LogP contribution in [0.3, 0.4) is 0 Å². The third kappa shape index (κ3) is 3.90. The maximum absolute atomic E-state index is 5.66. The summed E-state index contributed by atoms with van der Waals surface area (Å²) in [4.78, 5) is 7.78. The van der Waals surface area contributed by atoms with Gasteiger partial charge in [0.05, 0.1) is 0 Å². The molecule has 2 nitrogen and oxygen atoms in total. The van der Waals surface area contributed by atoms with Gasteiger partial charge in [-0.2, -0.15) is 0 Å². The molecule has 17 heavy (non-hydrogen) atoms. The number of hydrogen-bond donors (Lipinski definition) is 0. The monoisotopic (exact) mass is 244 g/mol. The van der Waals surface area contributed by atoms with E-state index in [4.69, 9.17) is 11.6 Å². The number of aryl methyl sites for hydroxylation is 1. The van der Waals surface area contributed by atoms with Crippen molar-refractivity contribution in [3.63, 3.8) is 0 Å². The van der Waals surface area contributed by atoms with E-state index in [9.17, 15) is 0 Å². The van der Waals surface area contributed by atoms with E-state index in [0.717, 1.165) is 5.56 Å². The van der Waals surface area contributed by atoms with Crippen molar-refractivity contribution in [2.45, 2.75) is 14.4 Å². The normalized spacial score (nSPS) is 8.82. The molecular weight excluding hydrogens is 232 g/mol. The van der Waals surface area contributed by atoms with Crippen molar-refractivity contribution in [2.24, 2.45) is 0 Å². The van der Waals surface area contributed by atoms with Gasteiger partial charge in [0.1, 0.15) is 5.69 Å². The molecule has 2 aromatic rings. The van der Waals surface area contributed by atoms with Crippen molar-refractivity contribution in [1.82, 2.24) is 9.97 Å². The summed E-state index contributed by atoms with van der Waals surface area (Å²) in [5.74, 6) is 5.95. The maximum atomic E-state index is 5.66. The highest BCUT2D eigenvalue weighted by Crippen LogP contribution is 2.02. The second-order valence-corrected chi connectivity index (χ2v) is 3.66.